The highest BCUT2D eigenvalue weighted by atomic mass is 79.9. The Morgan fingerprint density at radius 2 is 1.62 bits per heavy atom. The average Bonchev–Trinajstić information content (AvgIpc) is 3.44. The van der Waals surface area contributed by atoms with Gasteiger partial charge in [-0.1, -0.05) is 0 Å². The zero-order valence-electron chi connectivity index (χ0n) is 19.0. The van der Waals surface area contributed by atoms with E-state index >= 15 is 0 Å². The number of halogens is 1. The minimum Gasteiger partial charge on any atom is -0.493 e. The number of carbonyl (C=O) groups is 2. The maximum absolute atomic E-state index is 13.1. The zero-order valence-corrected chi connectivity index (χ0v) is 20.6. The second-order valence-electron chi connectivity index (χ2n) is 8.21. The van der Waals surface area contributed by atoms with Crippen LogP contribution in [-0.4, -0.2) is 46.7 Å². The van der Waals surface area contributed by atoms with E-state index in [2.05, 4.69) is 15.9 Å². The molecule has 2 aliphatic heterocycles. The molecule has 3 aliphatic rings. The third-order valence-corrected chi connectivity index (χ3v) is 7.36. The van der Waals surface area contributed by atoms with Crippen LogP contribution in [0.1, 0.15) is 35.6 Å². The standard InChI is InChI=1S/C24H23BrO9/c1-10(26)34-21-12-6-16-15(32-9-33-16)5-11(12)18(19-14(21)8-31-24(19)27)13-7-17(28-2)22(29-3)23(30-4)20(13)25/h5-7,14,18-19,21H,8-9H2,1-4H3/t14?,18-,19?,21-/m0/s1. The first-order valence-electron chi connectivity index (χ1n) is 10.6. The topological polar surface area (TPSA) is 98.8 Å². The minimum absolute atomic E-state index is 0.0872. The van der Waals surface area contributed by atoms with Crippen molar-refractivity contribution < 1.29 is 42.7 Å². The van der Waals surface area contributed by atoms with Crippen molar-refractivity contribution in [2.24, 2.45) is 11.8 Å². The normalized spacial score (nSPS) is 24.1. The van der Waals surface area contributed by atoms with E-state index in [1.807, 2.05) is 18.2 Å². The van der Waals surface area contributed by atoms with Crippen molar-refractivity contribution in [3.05, 3.63) is 39.4 Å². The van der Waals surface area contributed by atoms with E-state index in [4.69, 9.17) is 33.2 Å². The minimum atomic E-state index is -0.671. The van der Waals surface area contributed by atoms with E-state index in [-0.39, 0.29) is 25.3 Å². The molecule has 1 fully saturated rings. The summed E-state index contributed by atoms with van der Waals surface area (Å²) in [4.78, 5) is 25.1. The van der Waals surface area contributed by atoms with Crippen LogP contribution in [0.25, 0.3) is 0 Å². The van der Waals surface area contributed by atoms with Crippen molar-refractivity contribution >= 4 is 27.9 Å². The number of fused-ring (bicyclic) bond motifs is 3. The fourth-order valence-corrected chi connectivity index (χ4v) is 5.89. The number of benzene rings is 2. The van der Waals surface area contributed by atoms with Gasteiger partial charge < -0.3 is 33.2 Å². The lowest BCUT2D eigenvalue weighted by molar-refractivity contribution is -0.152. The molecule has 0 radical (unpaired) electrons. The molecule has 1 saturated heterocycles. The second kappa shape index (κ2) is 8.57. The summed E-state index contributed by atoms with van der Waals surface area (Å²) in [5.41, 5.74) is 2.25. The van der Waals surface area contributed by atoms with Gasteiger partial charge in [0.15, 0.2) is 23.0 Å². The van der Waals surface area contributed by atoms with Crippen molar-refractivity contribution in [3.63, 3.8) is 0 Å². The number of cyclic esters (lactones) is 1. The molecule has 0 saturated carbocycles. The molecule has 2 aromatic carbocycles. The number of esters is 2. The Morgan fingerprint density at radius 3 is 2.24 bits per heavy atom. The van der Waals surface area contributed by atoms with Crippen LogP contribution in [0.3, 0.4) is 0 Å². The number of hydrogen-bond acceptors (Lipinski definition) is 9. The molecular weight excluding hydrogens is 512 g/mol. The molecule has 2 unspecified atom stereocenters. The van der Waals surface area contributed by atoms with Crippen LogP contribution in [0, 0.1) is 11.8 Å². The van der Waals surface area contributed by atoms with Crippen LogP contribution in [-0.2, 0) is 19.1 Å². The predicted octanol–water partition coefficient (Wildman–Crippen LogP) is 3.74. The Morgan fingerprint density at radius 1 is 0.941 bits per heavy atom. The van der Waals surface area contributed by atoms with E-state index in [1.54, 1.807) is 0 Å². The van der Waals surface area contributed by atoms with Crippen molar-refractivity contribution in [3.8, 4) is 28.7 Å². The number of ether oxygens (including phenoxy) is 7. The Labute approximate surface area is 204 Å². The third kappa shape index (κ3) is 3.34. The molecule has 0 amide bonds. The van der Waals surface area contributed by atoms with Crippen LogP contribution >= 0.6 is 15.9 Å². The van der Waals surface area contributed by atoms with Crippen LogP contribution in [0.15, 0.2) is 22.7 Å². The van der Waals surface area contributed by atoms with Gasteiger partial charge in [-0.2, -0.15) is 0 Å². The molecular formula is C24H23BrO9. The molecule has 0 spiro atoms. The van der Waals surface area contributed by atoms with Gasteiger partial charge in [0.1, 0.15) is 6.10 Å². The van der Waals surface area contributed by atoms with Crippen molar-refractivity contribution in [1.29, 1.82) is 0 Å². The largest absolute Gasteiger partial charge is 0.493 e. The van der Waals surface area contributed by atoms with E-state index < -0.39 is 23.9 Å². The van der Waals surface area contributed by atoms with Crippen molar-refractivity contribution in [2.45, 2.75) is 18.9 Å². The summed E-state index contributed by atoms with van der Waals surface area (Å²) in [5, 5.41) is 0. The van der Waals surface area contributed by atoms with Gasteiger partial charge in [-0.15, -0.1) is 0 Å². The van der Waals surface area contributed by atoms with Crippen LogP contribution < -0.4 is 23.7 Å². The quantitative estimate of drug-likeness (QED) is 0.531. The smallest absolute Gasteiger partial charge is 0.310 e. The number of methoxy groups -OCH3 is 3. The predicted molar refractivity (Wildman–Crippen MR) is 121 cm³/mol. The van der Waals surface area contributed by atoms with Gasteiger partial charge in [0, 0.05) is 24.3 Å². The molecule has 4 atom stereocenters. The summed E-state index contributed by atoms with van der Waals surface area (Å²) in [6.07, 6.45) is -0.671. The van der Waals surface area contributed by atoms with Gasteiger partial charge in [0.05, 0.1) is 38.3 Å². The highest BCUT2D eigenvalue weighted by Crippen LogP contribution is 2.58. The van der Waals surface area contributed by atoms with Gasteiger partial charge in [-0.05, 0) is 45.3 Å². The first kappa shape index (κ1) is 22.6. The Kier molecular flexibility index (Phi) is 5.71. The third-order valence-electron chi connectivity index (χ3n) is 6.54. The summed E-state index contributed by atoms with van der Waals surface area (Å²) < 4.78 is 39.8. The lowest BCUT2D eigenvalue weighted by Crippen LogP contribution is -2.36. The molecule has 0 aromatic heterocycles. The first-order chi connectivity index (χ1) is 16.4. The zero-order chi connectivity index (χ0) is 24.1. The van der Waals surface area contributed by atoms with Gasteiger partial charge in [0.25, 0.3) is 0 Å². The molecule has 2 heterocycles. The Bertz CT molecular complexity index is 1180. The SMILES string of the molecule is COc1cc([C@@H]2c3cc4c(cc3[C@H](OC(C)=O)C3COC(=O)C32)OCO4)c(Br)c(OC)c1OC. The van der Waals surface area contributed by atoms with Crippen LogP contribution in [0.4, 0.5) is 0 Å². The number of hydrogen-bond donors (Lipinski definition) is 0. The number of rotatable bonds is 5. The Balaban J connectivity index is 1.79. The van der Waals surface area contributed by atoms with Crippen LogP contribution in [0.2, 0.25) is 0 Å². The lowest BCUT2D eigenvalue weighted by Gasteiger charge is -2.39. The fourth-order valence-electron chi connectivity index (χ4n) is 5.18. The van der Waals surface area contributed by atoms with Gasteiger partial charge in [-0.3, -0.25) is 9.59 Å². The molecule has 10 heteroatoms. The maximum Gasteiger partial charge on any atom is 0.310 e. The van der Waals surface area contributed by atoms with Gasteiger partial charge >= 0.3 is 11.9 Å². The summed E-state index contributed by atoms with van der Waals surface area (Å²) in [6.45, 7) is 1.57. The van der Waals surface area contributed by atoms with Gasteiger partial charge in [-0.25, -0.2) is 0 Å². The highest BCUT2D eigenvalue weighted by Gasteiger charge is 2.54. The maximum atomic E-state index is 13.1. The van der Waals surface area contributed by atoms with E-state index in [1.165, 1.54) is 28.3 Å². The number of carbonyl (C=O) groups excluding carboxylic acids is 2. The molecule has 180 valence electrons. The monoisotopic (exact) mass is 534 g/mol. The molecule has 9 nitrogen and oxygen atoms in total. The van der Waals surface area contributed by atoms with E-state index in [0.29, 0.717) is 33.2 Å². The Hall–Kier alpha value is -3.14. The van der Waals surface area contributed by atoms with Crippen LogP contribution in [0.5, 0.6) is 28.7 Å². The first-order valence-corrected chi connectivity index (χ1v) is 11.4. The summed E-state index contributed by atoms with van der Waals surface area (Å²) >= 11 is 3.66. The van der Waals surface area contributed by atoms with Crippen molar-refractivity contribution in [1.82, 2.24) is 0 Å². The highest BCUT2D eigenvalue weighted by molar-refractivity contribution is 9.10. The second-order valence-corrected chi connectivity index (χ2v) is 9.00. The van der Waals surface area contributed by atoms with E-state index in [0.717, 1.165) is 16.7 Å². The molecule has 1 aliphatic carbocycles. The average molecular weight is 535 g/mol. The molecule has 34 heavy (non-hydrogen) atoms. The summed E-state index contributed by atoms with van der Waals surface area (Å²) in [6, 6.07) is 5.48. The van der Waals surface area contributed by atoms with Gasteiger partial charge in [0.2, 0.25) is 12.5 Å². The molecule has 0 bridgehead atoms. The molecule has 5 rings (SSSR count). The summed E-state index contributed by atoms with van der Waals surface area (Å²) in [5.74, 6) is 0.131. The van der Waals surface area contributed by atoms with Crippen molar-refractivity contribution in [2.75, 3.05) is 34.7 Å². The lowest BCUT2D eigenvalue weighted by atomic mass is 9.66. The molecule has 0 N–H and O–H groups in total. The molecule has 2 aromatic rings. The summed E-state index contributed by atoms with van der Waals surface area (Å²) in [7, 11) is 4.59. The van der Waals surface area contributed by atoms with E-state index in [9.17, 15) is 9.59 Å². The fraction of sp³-hybridized carbons (Fsp3) is 0.417.